The largest absolute Gasteiger partial charge is 0.394 e. The van der Waals surface area contributed by atoms with Gasteiger partial charge in [-0.2, -0.15) is 0 Å². The number of nitrogens with one attached hydrogen (secondary N) is 2. The van der Waals surface area contributed by atoms with Gasteiger partial charge in [-0.05, 0) is 42.3 Å². The van der Waals surface area contributed by atoms with E-state index >= 15 is 0 Å². The van der Waals surface area contributed by atoms with Crippen molar-refractivity contribution in [3.63, 3.8) is 0 Å². The summed E-state index contributed by atoms with van der Waals surface area (Å²) >= 11 is 5.20. The first kappa shape index (κ1) is 14.9. The summed E-state index contributed by atoms with van der Waals surface area (Å²) in [7, 11) is 0. The minimum Gasteiger partial charge on any atom is -0.394 e. The first-order valence-corrected chi connectivity index (χ1v) is 6.76. The molecule has 1 aromatic carbocycles. The molecule has 0 spiro atoms. The van der Waals surface area contributed by atoms with Crippen molar-refractivity contribution in [1.29, 1.82) is 0 Å². The van der Waals surface area contributed by atoms with Crippen LogP contribution in [0.15, 0.2) is 24.3 Å². The second kappa shape index (κ2) is 7.34. The molecule has 0 aliphatic carbocycles. The van der Waals surface area contributed by atoms with Crippen LogP contribution in [0.4, 0.5) is 5.69 Å². The number of anilines is 1. The maximum Gasteiger partial charge on any atom is 0.171 e. The van der Waals surface area contributed by atoms with E-state index in [9.17, 15) is 0 Å². The van der Waals surface area contributed by atoms with E-state index in [1.165, 1.54) is 5.56 Å². The second-order valence-corrected chi connectivity index (χ2v) is 5.07. The van der Waals surface area contributed by atoms with E-state index in [2.05, 4.69) is 36.6 Å². The van der Waals surface area contributed by atoms with Crippen LogP contribution in [0, 0.1) is 0 Å². The Balaban J connectivity index is 2.54. The smallest absolute Gasteiger partial charge is 0.171 e. The number of benzene rings is 1. The zero-order chi connectivity index (χ0) is 13.5. The highest BCUT2D eigenvalue weighted by Gasteiger charge is 2.06. The molecule has 0 aromatic heterocycles. The summed E-state index contributed by atoms with van der Waals surface area (Å²) in [6.45, 7) is 6.43. The number of hydrogen-bond acceptors (Lipinski definition) is 2. The lowest BCUT2D eigenvalue weighted by atomic mass is 10.0. The molecule has 4 heteroatoms. The van der Waals surface area contributed by atoms with Crippen LogP contribution in [0.1, 0.15) is 38.7 Å². The lowest BCUT2D eigenvalue weighted by Crippen LogP contribution is -2.39. The lowest BCUT2D eigenvalue weighted by molar-refractivity contribution is 0.253. The summed E-state index contributed by atoms with van der Waals surface area (Å²) in [6.07, 6.45) is 0.838. The highest BCUT2D eigenvalue weighted by molar-refractivity contribution is 7.80. The van der Waals surface area contributed by atoms with Crippen LogP contribution in [-0.4, -0.2) is 22.9 Å². The van der Waals surface area contributed by atoms with Gasteiger partial charge in [0.05, 0.1) is 12.6 Å². The zero-order valence-corrected chi connectivity index (χ0v) is 12.1. The Hall–Kier alpha value is -1.13. The van der Waals surface area contributed by atoms with Gasteiger partial charge in [-0.25, -0.2) is 0 Å². The SMILES string of the molecule is CC[C@@H](CO)NC(=S)Nc1ccc(C(C)C)cc1. The second-order valence-electron chi connectivity index (χ2n) is 4.66. The van der Waals surface area contributed by atoms with Gasteiger partial charge in [-0.1, -0.05) is 32.9 Å². The maximum absolute atomic E-state index is 9.09. The van der Waals surface area contributed by atoms with Gasteiger partial charge in [0.1, 0.15) is 0 Å². The predicted molar refractivity (Wildman–Crippen MR) is 81.1 cm³/mol. The molecular weight excluding hydrogens is 244 g/mol. The molecule has 18 heavy (non-hydrogen) atoms. The third-order valence-electron chi connectivity index (χ3n) is 2.88. The summed E-state index contributed by atoms with van der Waals surface area (Å²) in [5, 5.41) is 15.8. The third-order valence-corrected chi connectivity index (χ3v) is 3.10. The summed E-state index contributed by atoms with van der Waals surface area (Å²) in [5.41, 5.74) is 2.27. The average molecular weight is 266 g/mol. The fourth-order valence-corrected chi connectivity index (χ4v) is 1.87. The molecule has 0 aliphatic heterocycles. The maximum atomic E-state index is 9.09. The average Bonchev–Trinajstić information content (AvgIpc) is 2.36. The summed E-state index contributed by atoms with van der Waals surface area (Å²) < 4.78 is 0. The van der Waals surface area contributed by atoms with Crippen LogP contribution < -0.4 is 10.6 Å². The standard InChI is InChI=1S/C14H22N2OS/c1-4-12(9-17)15-14(18)16-13-7-5-11(6-8-13)10(2)3/h5-8,10,12,17H,4,9H2,1-3H3,(H2,15,16,18)/t12-/m0/s1. The van der Waals surface area contributed by atoms with E-state index in [1.54, 1.807) is 0 Å². The third kappa shape index (κ3) is 4.63. The van der Waals surface area contributed by atoms with E-state index < -0.39 is 0 Å². The first-order valence-electron chi connectivity index (χ1n) is 6.35. The Morgan fingerprint density at radius 3 is 2.33 bits per heavy atom. The molecular formula is C14H22N2OS. The van der Waals surface area contributed by atoms with Crippen molar-refractivity contribution in [1.82, 2.24) is 5.32 Å². The Labute approximate surface area is 115 Å². The van der Waals surface area contributed by atoms with Crippen LogP contribution in [0.2, 0.25) is 0 Å². The molecule has 100 valence electrons. The fourth-order valence-electron chi connectivity index (χ4n) is 1.58. The molecule has 1 rings (SSSR count). The van der Waals surface area contributed by atoms with Crippen molar-refractivity contribution in [2.24, 2.45) is 0 Å². The Kier molecular flexibility index (Phi) is 6.09. The highest BCUT2D eigenvalue weighted by Crippen LogP contribution is 2.17. The van der Waals surface area contributed by atoms with Crippen LogP contribution in [0.5, 0.6) is 0 Å². The Bertz CT molecular complexity index is 372. The first-order chi connectivity index (χ1) is 8.56. The minimum atomic E-state index is 0.0138. The molecule has 0 heterocycles. The van der Waals surface area contributed by atoms with Crippen molar-refractivity contribution in [2.75, 3.05) is 11.9 Å². The van der Waals surface area contributed by atoms with Gasteiger partial charge in [0.25, 0.3) is 0 Å². The van der Waals surface area contributed by atoms with Crippen LogP contribution in [0.3, 0.4) is 0 Å². The van der Waals surface area contributed by atoms with Gasteiger partial charge in [-0.3, -0.25) is 0 Å². The van der Waals surface area contributed by atoms with Crippen LogP contribution in [0.25, 0.3) is 0 Å². The van der Waals surface area contributed by atoms with Gasteiger partial charge < -0.3 is 15.7 Å². The van der Waals surface area contributed by atoms with Gasteiger partial charge >= 0.3 is 0 Å². The van der Waals surface area contributed by atoms with Gasteiger partial charge in [-0.15, -0.1) is 0 Å². The number of hydrogen-bond donors (Lipinski definition) is 3. The van der Waals surface area contributed by atoms with Crippen LogP contribution >= 0.6 is 12.2 Å². The fraction of sp³-hybridized carbons (Fsp3) is 0.500. The monoisotopic (exact) mass is 266 g/mol. The Morgan fingerprint density at radius 2 is 1.89 bits per heavy atom. The molecule has 0 radical (unpaired) electrons. The van der Waals surface area contributed by atoms with Crippen molar-refractivity contribution < 1.29 is 5.11 Å². The van der Waals surface area contributed by atoms with Crippen molar-refractivity contribution >= 4 is 23.0 Å². The van der Waals surface area contributed by atoms with Gasteiger partial charge in [0.15, 0.2) is 5.11 Å². The summed E-state index contributed by atoms with van der Waals surface area (Å²) in [4.78, 5) is 0. The van der Waals surface area contributed by atoms with Gasteiger partial charge in [0, 0.05) is 5.69 Å². The molecule has 3 N–H and O–H groups in total. The van der Waals surface area contributed by atoms with Crippen molar-refractivity contribution in [3.8, 4) is 0 Å². The quantitative estimate of drug-likeness (QED) is 0.717. The van der Waals surface area contributed by atoms with Crippen LogP contribution in [-0.2, 0) is 0 Å². The molecule has 1 aromatic rings. The minimum absolute atomic E-state index is 0.0138. The molecule has 0 saturated heterocycles. The molecule has 0 fully saturated rings. The molecule has 1 atom stereocenters. The lowest BCUT2D eigenvalue weighted by Gasteiger charge is -2.17. The van der Waals surface area contributed by atoms with E-state index in [4.69, 9.17) is 17.3 Å². The normalized spacial score (nSPS) is 12.3. The molecule has 0 saturated carbocycles. The van der Waals surface area contributed by atoms with E-state index in [1.807, 2.05) is 19.1 Å². The molecule has 0 unspecified atom stereocenters. The Morgan fingerprint density at radius 1 is 1.28 bits per heavy atom. The number of rotatable bonds is 5. The van der Waals surface area contributed by atoms with E-state index in [0.29, 0.717) is 11.0 Å². The molecule has 0 aliphatic rings. The van der Waals surface area contributed by atoms with E-state index in [0.717, 1.165) is 12.1 Å². The summed E-state index contributed by atoms with van der Waals surface area (Å²) in [6, 6.07) is 8.24. The summed E-state index contributed by atoms with van der Waals surface area (Å²) in [5.74, 6) is 0.531. The van der Waals surface area contributed by atoms with Gasteiger partial charge in [0.2, 0.25) is 0 Å². The number of aliphatic hydroxyl groups excluding tert-OH is 1. The molecule has 0 bridgehead atoms. The number of aliphatic hydroxyl groups is 1. The van der Waals surface area contributed by atoms with Crippen molar-refractivity contribution in [2.45, 2.75) is 39.2 Å². The molecule has 3 nitrogen and oxygen atoms in total. The zero-order valence-electron chi connectivity index (χ0n) is 11.2. The topological polar surface area (TPSA) is 44.3 Å². The highest BCUT2D eigenvalue weighted by atomic mass is 32.1. The van der Waals surface area contributed by atoms with Crippen molar-refractivity contribution in [3.05, 3.63) is 29.8 Å². The molecule has 0 amide bonds. The number of thiocarbonyl (C=S) groups is 1. The predicted octanol–water partition coefficient (Wildman–Crippen LogP) is 2.87. The van der Waals surface area contributed by atoms with E-state index in [-0.39, 0.29) is 12.6 Å².